The molecule has 1 aromatic heterocycles. The molecule has 0 aliphatic carbocycles. The number of hydrogen-bond donors (Lipinski definition) is 2. The van der Waals surface area contributed by atoms with Crippen molar-refractivity contribution < 1.29 is 14.3 Å². The van der Waals surface area contributed by atoms with Crippen molar-refractivity contribution in [1.82, 2.24) is 20.2 Å². The van der Waals surface area contributed by atoms with Crippen LogP contribution in [0.1, 0.15) is 17.8 Å². The van der Waals surface area contributed by atoms with Gasteiger partial charge in [-0.05, 0) is 43.2 Å². The van der Waals surface area contributed by atoms with E-state index in [9.17, 15) is 4.79 Å². The monoisotopic (exact) mass is 382 g/mol. The van der Waals surface area contributed by atoms with Gasteiger partial charge in [-0.25, -0.2) is 9.78 Å². The topological polar surface area (TPSA) is 77.4 Å². The van der Waals surface area contributed by atoms with Crippen molar-refractivity contribution in [2.24, 2.45) is 0 Å². The molecule has 0 radical (unpaired) electrons. The van der Waals surface area contributed by atoms with Crippen LogP contribution in [0.25, 0.3) is 11.0 Å². The molecule has 2 amide bonds. The number of carbonyl (C=O) groups is 1. The van der Waals surface area contributed by atoms with E-state index < -0.39 is 0 Å². The number of nitrogens with zero attached hydrogens (tertiary/aromatic N) is 2. The number of ether oxygens (including phenoxy) is 2. The van der Waals surface area contributed by atoms with E-state index >= 15 is 0 Å². The lowest BCUT2D eigenvalue weighted by atomic mass is 10.2. The van der Waals surface area contributed by atoms with Crippen molar-refractivity contribution in [3.05, 3.63) is 53.9 Å². The molecule has 7 nitrogen and oxygen atoms in total. The van der Waals surface area contributed by atoms with Gasteiger partial charge in [-0.2, -0.15) is 0 Å². The zero-order chi connectivity index (χ0) is 19.9. The number of rotatable bonds is 8. The van der Waals surface area contributed by atoms with Gasteiger partial charge in [0.2, 0.25) is 0 Å². The fraction of sp³-hybridized carbons (Fsp3) is 0.333. The molecule has 2 N–H and O–H groups in total. The van der Waals surface area contributed by atoms with Crippen LogP contribution in [0.2, 0.25) is 0 Å². The molecule has 0 bridgehead atoms. The second-order valence-corrected chi connectivity index (χ2v) is 6.45. The largest absolute Gasteiger partial charge is 0.493 e. The highest BCUT2D eigenvalue weighted by molar-refractivity contribution is 5.76. The Morgan fingerprint density at radius 3 is 2.64 bits per heavy atom. The number of amides is 2. The fourth-order valence-electron chi connectivity index (χ4n) is 3.15. The molecular formula is C21H26N4O3. The van der Waals surface area contributed by atoms with Crippen LogP contribution in [0.5, 0.6) is 11.5 Å². The molecular weight excluding hydrogens is 356 g/mol. The van der Waals surface area contributed by atoms with Crippen LogP contribution in [-0.2, 0) is 13.1 Å². The molecule has 0 aliphatic heterocycles. The van der Waals surface area contributed by atoms with E-state index in [-0.39, 0.29) is 6.03 Å². The number of aromatic nitrogens is 2. The van der Waals surface area contributed by atoms with Gasteiger partial charge in [-0.1, -0.05) is 18.2 Å². The molecule has 0 fully saturated rings. The summed E-state index contributed by atoms with van der Waals surface area (Å²) in [5.41, 5.74) is 3.06. The number of hydrogen-bond acceptors (Lipinski definition) is 4. The standard InChI is InChI=1S/C21H26N4O3/c1-15-24-17-7-4-5-8-18(17)25(15)12-6-11-22-21(26)23-14-16-9-10-19(27-2)20(13-16)28-3/h4-5,7-10,13H,6,11-12,14H2,1-3H3,(H2,22,23,26). The lowest BCUT2D eigenvalue weighted by Crippen LogP contribution is -2.35. The predicted octanol–water partition coefficient (Wildman–Crippen LogP) is 3.25. The zero-order valence-electron chi connectivity index (χ0n) is 16.5. The molecule has 3 rings (SSSR count). The molecule has 7 heteroatoms. The third-order valence-corrected chi connectivity index (χ3v) is 4.59. The first-order valence-electron chi connectivity index (χ1n) is 9.27. The van der Waals surface area contributed by atoms with Crippen molar-refractivity contribution in [2.75, 3.05) is 20.8 Å². The summed E-state index contributed by atoms with van der Waals surface area (Å²) in [6, 6.07) is 13.5. The Bertz CT molecular complexity index is 952. The molecule has 0 saturated carbocycles. The first-order valence-corrected chi connectivity index (χ1v) is 9.27. The van der Waals surface area contributed by atoms with Crippen molar-refractivity contribution in [3.8, 4) is 11.5 Å². The molecule has 2 aromatic carbocycles. The number of carbonyl (C=O) groups excluding carboxylic acids is 1. The van der Waals surface area contributed by atoms with E-state index in [0.29, 0.717) is 24.6 Å². The summed E-state index contributed by atoms with van der Waals surface area (Å²) in [6.07, 6.45) is 0.824. The Balaban J connectivity index is 1.44. The number of urea groups is 1. The molecule has 0 spiro atoms. The summed E-state index contributed by atoms with van der Waals surface area (Å²) in [7, 11) is 3.18. The summed E-state index contributed by atoms with van der Waals surface area (Å²) in [6.45, 7) is 3.81. The Hall–Kier alpha value is -3.22. The number of benzene rings is 2. The zero-order valence-corrected chi connectivity index (χ0v) is 16.5. The summed E-state index contributed by atoms with van der Waals surface area (Å²) in [5.74, 6) is 2.29. The van der Waals surface area contributed by atoms with Gasteiger partial charge in [-0.3, -0.25) is 0 Å². The van der Waals surface area contributed by atoms with Crippen LogP contribution in [0, 0.1) is 6.92 Å². The summed E-state index contributed by atoms with van der Waals surface area (Å²) < 4.78 is 12.7. The van der Waals surface area contributed by atoms with Crippen LogP contribution in [0.4, 0.5) is 4.79 Å². The van der Waals surface area contributed by atoms with Gasteiger partial charge in [0.25, 0.3) is 0 Å². The van der Waals surface area contributed by atoms with E-state index in [1.54, 1.807) is 14.2 Å². The van der Waals surface area contributed by atoms with Gasteiger partial charge < -0.3 is 24.7 Å². The third-order valence-electron chi connectivity index (χ3n) is 4.59. The van der Waals surface area contributed by atoms with E-state index in [1.165, 1.54) is 0 Å². The number of nitrogens with one attached hydrogen (secondary N) is 2. The van der Waals surface area contributed by atoms with Crippen LogP contribution in [0.3, 0.4) is 0 Å². The molecule has 3 aromatic rings. The highest BCUT2D eigenvalue weighted by Crippen LogP contribution is 2.27. The van der Waals surface area contributed by atoms with Gasteiger partial charge in [0.05, 0.1) is 25.3 Å². The van der Waals surface area contributed by atoms with E-state index in [0.717, 1.165) is 35.4 Å². The van der Waals surface area contributed by atoms with Gasteiger partial charge in [0.15, 0.2) is 11.5 Å². The summed E-state index contributed by atoms with van der Waals surface area (Å²) in [4.78, 5) is 16.6. The first-order chi connectivity index (χ1) is 13.6. The fourth-order valence-corrected chi connectivity index (χ4v) is 3.15. The number of fused-ring (bicyclic) bond motifs is 1. The Morgan fingerprint density at radius 1 is 1.07 bits per heavy atom. The van der Waals surface area contributed by atoms with Crippen molar-refractivity contribution in [1.29, 1.82) is 0 Å². The highest BCUT2D eigenvalue weighted by Gasteiger charge is 2.08. The normalized spacial score (nSPS) is 10.7. The minimum absolute atomic E-state index is 0.193. The molecule has 1 heterocycles. The Labute approximate surface area is 164 Å². The van der Waals surface area contributed by atoms with E-state index in [2.05, 4.69) is 26.3 Å². The molecule has 0 saturated heterocycles. The summed E-state index contributed by atoms with van der Waals surface area (Å²) in [5, 5.41) is 5.75. The second kappa shape index (κ2) is 9.12. The number of para-hydroxylation sites is 2. The molecule has 0 unspecified atom stereocenters. The Kier molecular flexibility index (Phi) is 6.37. The van der Waals surface area contributed by atoms with Crippen LogP contribution in [-0.4, -0.2) is 36.3 Å². The number of methoxy groups -OCH3 is 2. The van der Waals surface area contributed by atoms with Gasteiger partial charge in [0, 0.05) is 19.6 Å². The average Bonchev–Trinajstić information content (AvgIpc) is 3.04. The maximum absolute atomic E-state index is 12.0. The maximum atomic E-state index is 12.0. The van der Waals surface area contributed by atoms with E-state index in [1.807, 2.05) is 43.3 Å². The van der Waals surface area contributed by atoms with Gasteiger partial charge in [-0.15, -0.1) is 0 Å². The lowest BCUT2D eigenvalue weighted by Gasteiger charge is -2.11. The number of aryl methyl sites for hydroxylation is 2. The van der Waals surface area contributed by atoms with Crippen molar-refractivity contribution in [3.63, 3.8) is 0 Å². The van der Waals surface area contributed by atoms with Gasteiger partial charge in [0.1, 0.15) is 5.82 Å². The van der Waals surface area contributed by atoms with E-state index in [4.69, 9.17) is 9.47 Å². The first kappa shape index (κ1) is 19.5. The lowest BCUT2D eigenvalue weighted by molar-refractivity contribution is 0.240. The van der Waals surface area contributed by atoms with Crippen LogP contribution >= 0.6 is 0 Å². The second-order valence-electron chi connectivity index (χ2n) is 6.45. The summed E-state index contributed by atoms with van der Waals surface area (Å²) >= 11 is 0. The highest BCUT2D eigenvalue weighted by atomic mass is 16.5. The minimum atomic E-state index is -0.193. The number of imidazole rings is 1. The smallest absolute Gasteiger partial charge is 0.315 e. The van der Waals surface area contributed by atoms with Crippen LogP contribution in [0.15, 0.2) is 42.5 Å². The van der Waals surface area contributed by atoms with Crippen molar-refractivity contribution in [2.45, 2.75) is 26.4 Å². The van der Waals surface area contributed by atoms with Crippen LogP contribution < -0.4 is 20.1 Å². The molecule has 148 valence electrons. The maximum Gasteiger partial charge on any atom is 0.315 e. The average molecular weight is 382 g/mol. The SMILES string of the molecule is COc1ccc(CNC(=O)NCCCn2c(C)nc3ccccc32)cc1OC. The third kappa shape index (κ3) is 4.54. The minimum Gasteiger partial charge on any atom is -0.493 e. The predicted molar refractivity (Wildman–Crippen MR) is 109 cm³/mol. The molecule has 0 aliphatic rings. The molecule has 28 heavy (non-hydrogen) atoms. The van der Waals surface area contributed by atoms with Crippen molar-refractivity contribution >= 4 is 17.1 Å². The Morgan fingerprint density at radius 2 is 1.86 bits per heavy atom. The quantitative estimate of drug-likeness (QED) is 0.586. The molecule has 0 atom stereocenters. The van der Waals surface area contributed by atoms with Gasteiger partial charge >= 0.3 is 6.03 Å².